The van der Waals surface area contributed by atoms with E-state index in [1.54, 1.807) is 0 Å². The summed E-state index contributed by atoms with van der Waals surface area (Å²) in [7, 11) is 0. The molecule has 0 unspecified atom stereocenters. The highest BCUT2D eigenvalue weighted by Gasteiger charge is 2.08. The highest BCUT2D eigenvalue weighted by molar-refractivity contribution is 4.58. The van der Waals surface area contributed by atoms with Gasteiger partial charge in [-0.15, -0.1) is 0 Å². The second kappa shape index (κ2) is 33.1. The van der Waals surface area contributed by atoms with Gasteiger partial charge in [0.15, 0.2) is 0 Å². The average molecular weight is 581 g/mol. The number of unbranched alkanes of at least 4 members (excludes halogenated alkanes) is 10. The minimum atomic E-state index is 0.00260. The van der Waals surface area contributed by atoms with Gasteiger partial charge in [0.1, 0.15) is 0 Å². The number of hydrogen-bond donors (Lipinski definition) is 1. The molecule has 0 heterocycles. The fraction of sp³-hybridized carbons (Fsp3) is 1.00. The van der Waals surface area contributed by atoms with Gasteiger partial charge in [-0.3, -0.25) is 0 Å². The minimum absolute atomic E-state index is 0.00260. The number of aliphatic hydroxyl groups is 1. The molecule has 242 valence electrons. The summed E-state index contributed by atoms with van der Waals surface area (Å²) in [6, 6.07) is 0. The number of hydrogen-bond acceptors (Lipinski definition) is 9. The predicted molar refractivity (Wildman–Crippen MR) is 159 cm³/mol. The van der Waals surface area contributed by atoms with Gasteiger partial charge in [0.2, 0.25) is 0 Å². The Bertz CT molecular complexity index is 461. The van der Waals surface area contributed by atoms with Crippen molar-refractivity contribution in [3.8, 4) is 0 Å². The van der Waals surface area contributed by atoms with Gasteiger partial charge in [0, 0.05) is 13.2 Å². The van der Waals surface area contributed by atoms with Gasteiger partial charge in [0.25, 0.3) is 0 Å². The zero-order valence-electron chi connectivity index (χ0n) is 26.3. The summed E-state index contributed by atoms with van der Waals surface area (Å²) in [6.45, 7) is 15.1. The summed E-state index contributed by atoms with van der Waals surface area (Å²) in [4.78, 5) is 0. The summed E-state index contributed by atoms with van der Waals surface area (Å²) < 4.78 is 43.7. The molecular formula is C31H64O9. The Kier molecular flexibility index (Phi) is 32.8. The second-order valence-corrected chi connectivity index (χ2v) is 10.9. The standard InChI is InChI=1S/C31H64O9/c1-31(2,3)40-17-14-12-10-8-6-4-5-7-9-11-13-16-33-19-21-35-23-25-37-27-29-39-30-28-38-26-24-36-22-20-34-18-15-32/h32H,4-30H2,1-3H3. The first-order valence-corrected chi connectivity index (χ1v) is 15.9. The van der Waals surface area contributed by atoms with Crippen molar-refractivity contribution >= 4 is 0 Å². The molecule has 9 nitrogen and oxygen atoms in total. The number of ether oxygens (including phenoxy) is 8. The maximum atomic E-state index is 8.57. The second-order valence-electron chi connectivity index (χ2n) is 10.9. The zero-order chi connectivity index (χ0) is 29.2. The van der Waals surface area contributed by atoms with Crippen LogP contribution in [0.5, 0.6) is 0 Å². The SMILES string of the molecule is CC(C)(C)OCCCCCCCCCCCCCOCCOCCOCCOCCOCCOCCOCCO. The summed E-state index contributed by atoms with van der Waals surface area (Å²) in [5.41, 5.74) is 0.00260. The molecular weight excluding hydrogens is 516 g/mol. The fourth-order valence-electron chi connectivity index (χ4n) is 3.76. The van der Waals surface area contributed by atoms with Crippen LogP contribution in [-0.2, 0) is 37.9 Å². The van der Waals surface area contributed by atoms with E-state index in [1.807, 2.05) is 0 Å². The van der Waals surface area contributed by atoms with E-state index in [9.17, 15) is 0 Å². The van der Waals surface area contributed by atoms with E-state index in [4.69, 9.17) is 43.0 Å². The van der Waals surface area contributed by atoms with Crippen molar-refractivity contribution in [2.24, 2.45) is 0 Å². The molecule has 0 aromatic rings. The van der Waals surface area contributed by atoms with Crippen LogP contribution in [0.3, 0.4) is 0 Å². The van der Waals surface area contributed by atoms with Crippen LogP contribution in [0.4, 0.5) is 0 Å². The van der Waals surface area contributed by atoms with Crippen molar-refractivity contribution in [2.45, 2.75) is 97.0 Å². The minimum Gasteiger partial charge on any atom is -0.394 e. The maximum absolute atomic E-state index is 8.57. The molecule has 0 saturated carbocycles. The first-order valence-electron chi connectivity index (χ1n) is 15.9. The highest BCUT2D eigenvalue weighted by Crippen LogP contribution is 2.13. The molecule has 9 heteroatoms. The summed E-state index contributed by atoms with van der Waals surface area (Å²) in [5, 5.41) is 8.57. The molecule has 0 aromatic carbocycles. The van der Waals surface area contributed by atoms with E-state index in [0.29, 0.717) is 85.9 Å². The third-order valence-electron chi connectivity index (χ3n) is 5.94. The van der Waals surface area contributed by atoms with E-state index in [2.05, 4.69) is 20.8 Å². The molecule has 40 heavy (non-hydrogen) atoms. The summed E-state index contributed by atoms with van der Waals surface area (Å²) in [5.74, 6) is 0. The van der Waals surface area contributed by atoms with Crippen molar-refractivity contribution < 1.29 is 43.0 Å². The quantitative estimate of drug-likeness (QED) is 0.103. The molecule has 0 fully saturated rings. The predicted octanol–water partition coefficient (Wildman–Crippen LogP) is 5.20. The molecule has 0 aromatic heterocycles. The molecule has 0 amide bonds. The molecule has 0 aliphatic rings. The Morgan fingerprint density at radius 1 is 0.325 bits per heavy atom. The van der Waals surface area contributed by atoms with E-state index in [1.165, 1.54) is 64.2 Å². The van der Waals surface area contributed by atoms with Gasteiger partial charge >= 0.3 is 0 Å². The van der Waals surface area contributed by atoms with Crippen LogP contribution in [0.2, 0.25) is 0 Å². The van der Waals surface area contributed by atoms with E-state index in [0.717, 1.165) is 19.6 Å². The summed E-state index contributed by atoms with van der Waals surface area (Å²) >= 11 is 0. The summed E-state index contributed by atoms with van der Waals surface area (Å²) in [6.07, 6.45) is 14.4. The van der Waals surface area contributed by atoms with Gasteiger partial charge in [-0.1, -0.05) is 57.8 Å². The zero-order valence-corrected chi connectivity index (χ0v) is 26.3. The first-order chi connectivity index (χ1) is 19.6. The van der Waals surface area contributed by atoms with Crippen LogP contribution in [-0.4, -0.2) is 116 Å². The van der Waals surface area contributed by atoms with Gasteiger partial charge in [-0.05, 0) is 33.6 Å². The Morgan fingerprint density at radius 2 is 0.575 bits per heavy atom. The van der Waals surface area contributed by atoms with E-state index in [-0.39, 0.29) is 12.2 Å². The number of aliphatic hydroxyl groups excluding tert-OH is 1. The Balaban J connectivity index is 3.04. The molecule has 0 saturated heterocycles. The van der Waals surface area contributed by atoms with Crippen molar-refractivity contribution in [3.05, 3.63) is 0 Å². The molecule has 0 aliphatic heterocycles. The van der Waals surface area contributed by atoms with Crippen LogP contribution in [0.25, 0.3) is 0 Å². The maximum Gasteiger partial charge on any atom is 0.0701 e. The van der Waals surface area contributed by atoms with Crippen molar-refractivity contribution in [3.63, 3.8) is 0 Å². The van der Waals surface area contributed by atoms with Crippen LogP contribution in [0.1, 0.15) is 91.4 Å². The topological polar surface area (TPSA) is 94.1 Å². The lowest BCUT2D eigenvalue weighted by Gasteiger charge is -2.19. The molecule has 0 aliphatic carbocycles. The molecule has 0 rings (SSSR count). The number of rotatable bonds is 34. The van der Waals surface area contributed by atoms with Crippen molar-refractivity contribution in [2.75, 3.05) is 106 Å². The highest BCUT2D eigenvalue weighted by atomic mass is 16.6. The molecule has 0 radical (unpaired) electrons. The van der Waals surface area contributed by atoms with Gasteiger partial charge in [0.05, 0.1) is 98.1 Å². The van der Waals surface area contributed by atoms with Crippen molar-refractivity contribution in [1.82, 2.24) is 0 Å². The molecule has 0 bridgehead atoms. The van der Waals surface area contributed by atoms with Crippen molar-refractivity contribution in [1.29, 1.82) is 0 Å². The normalized spacial score (nSPS) is 12.0. The van der Waals surface area contributed by atoms with Crippen LogP contribution in [0, 0.1) is 0 Å². The van der Waals surface area contributed by atoms with E-state index < -0.39 is 0 Å². The third kappa shape index (κ3) is 37.6. The lowest BCUT2D eigenvalue weighted by molar-refractivity contribution is -0.0215. The van der Waals surface area contributed by atoms with Gasteiger partial charge < -0.3 is 43.0 Å². The van der Waals surface area contributed by atoms with Crippen LogP contribution >= 0.6 is 0 Å². The van der Waals surface area contributed by atoms with Crippen LogP contribution < -0.4 is 0 Å². The lowest BCUT2D eigenvalue weighted by atomic mass is 10.1. The molecule has 0 atom stereocenters. The largest absolute Gasteiger partial charge is 0.394 e. The monoisotopic (exact) mass is 580 g/mol. The molecule has 1 N–H and O–H groups in total. The fourth-order valence-corrected chi connectivity index (χ4v) is 3.76. The smallest absolute Gasteiger partial charge is 0.0701 e. The first kappa shape index (κ1) is 39.6. The Morgan fingerprint density at radius 3 is 0.875 bits per heavy atom. The Labute approximate surface area is 245 Å². The lowest BCUT2D eigenvalue weighted by Crippen LogP contribution is -2.19. The van der Waals surface area contributed by atoms with E-state index >= 15 is 0 Å². The van der Waals surface area contributed by atoms with Gasteiger partial charge in [-0.2, -0.15) is 0 Å². The average Bonchev–Trinajstić information content (AvgIpc) is 2.92. The molecule has 0 spiro atoms. The Hall–Kier alpha value is -0.360. The third-order valence-corrected chi connectivity index (χ3v) is 5.94. The van der Waals surface area contributed by atoms with Crippen LogP contribution in [0.15, 0.2) is 0 Å². The van der Waals surface area contributed by atoms with Gasteiger partial charge in [-0.25, -0.2) is 0 Å².